The summed E-state index contributed by atoms with van der Waals surface area (Å²) in [5.74, 6) is 0.362. The van der Waals surface area contributed by atoms with Crippen molar-refractivity contribution in [3.8, 4) is 22.5 Å². The van der Waals surface area contributed by atoms with E-state index in [2.05, 4.69) is 14.9 Å². The summed E-state index contributed by atoms with van der Waals surface area (Å²) in [6.45, 7) is 0.782. The highest BCUT2D eigenvalue weighted by atomic mass is 19.1. The van der Waals surface area contributed by atoms with Crippen LogP contribution in [0.25, 0.3) is 22.5 Å². The molecule has 0 aliphatic carbocycles. The topological polar surface area (TPSA) is 81.8 Å². The molecule has 4 aromatic rings. The van der Waals surface area contributed by atoms with Gasteiger partial charge in [-0.25, -0.2) is 14.4 Å². The van der Waals surface area contributed by atoms with Crippen LogP contribution in [0.15, 0.2) is 71.9 Å². The first-order chi connectivity index (χ1) is 16.1. The average Bonchev–Trinajstić information content (AvgIpc) is 3.25. The number of amides is 1. The van der Waals surface area contributed by atoms with E-state index in [0.29, 0.717) is 16.9 Å². The fourth-order valence-corrected chi connectivity index (χ4v) is 4.03. The Morgan fingerprint density at radius 1 is 1.06 bits per heavy atom. The number of para-hydroxylation sites is 1. The van der Waals surface area contributed by atoms with E-state index in [1.807, 2.05) is 30.5 Å². The van der Waals surface area contributed by atoms with Gasteiger partial charge in [-0.1, -0.05) is 18.2 Å². The number of halogens is 1. The number of benzene rings is 2. The average molecular weight is 443 g/mol. The number of nitrogens with zero attached hydrogens (tertiary/aromatic N) is 4. The molecule has 0 bridgehead atoms. The number of anilines is 1. The lowest BCUT2D eigenvalue weighted by atomic mass is 10.1. The standard InChI is InChI=1S/C25H22FN5O2/c26-18-10-8-17(9-11-18)21-13-25(33)31(16-27-21)15-24(32)29-20-6-2-1-5-19(20)22-14-30-12-4-3-7-23(30)28-22/h1-2,5-6,8-11,13-14,16H,3-4,7,12,15H2,(H,29,32). The van der Waals surface area contributed by atoms with Gasteiger partial charge < -0.3 is 9.88 Å². The zero-order valence-electron chi connectivity index (χ0n) is 17.9. The molecule has 3 heterocycles. The summed E-state index contributed by atoms with van der Waals surface area (Å²) in [5.41, 5.74) is 2.99. The van der Waals surface area contributed by atoms with Gasteiger partial charge in [0.15, 0.2) is 0 Å². The van der Waals surface area contributed by atoms with Crippen molar-refractivity contribution in [2.75, 3.05) is 5.32 Å². The maximum Gasteiger partial charge on any atom is 0.254 e. The van der Waals surface area contributed by atoms with Gasteiger partial charge in [-0.15, -0.1) is 0 Å². The number of carbonyl (C=O) groups excluding carboxylic acids is 1. The number of aromatic nitrogens is 4. The van der Waals surface area contributed by atoms with Crippen molar-refractivity contribution in [3.63, 3.8) is 0 Å². The van der Waals surface area contributed by atoms with Gasteiger partial charge in [0.2, 0.25) is 5.91 Å². The number of carbonyl (C=O) groups is 1. The zero-order chi connectivity index (χ0) is 22.8. The van der Waals surface area contributed by atoms with Crippen molar-refractivity contribution >= 4 is 11.6 Å². The summed E-state index contributed by atoms with van der Waals surface area (Å²) < 4.78 is 16.5. The monoisotopic (exact) mass is 443 g/mol. The summed E-state index contributed by atoms with van der Waals surface area (Å²) in [7, 11) is 0. The Labute approximate surface area is 189 Å². The van der Waals surface area contributed by atoms with Crippen molar-refractivity contribution in [1.29, 1.82) is 0 Å². The van der Waals surface area contributed by atoms with E-state index in [0.717, 1.165) is 42.9 Å². The highest BCUT2D eigenvalue weighted by Gasteiger charge is 2.16. The van der Waals surface area contributed by atoms with Crippen LogP contribution in [-0.2, 0) is 24.3 Å². The Hall–Kier alpha value is -4.07. The van der Waals surface area contributed by atoms with Gasteiger partial charge in [0.1, 0.15) is 18.2 Å². The van der Waals surface area contributed by atoms with E-state index in [1.165, 1.54) is 29.1 Å². The second-order valence-electron chi connectivity index (χ2n) is 8.03. The van der Waals surface area contributed by atoms with Gasteiger partial charge in [0.25, 0.3) is 5.56 Å². The highest BCUT2D eigenvalue weighted by Crippen LogP contribution is 2.29. The SMILES string of the molecule is O=C(Cn1cnc(-c2ccc(F)cc2)cc1=O)Nc1ccccc1-c1cn2c(n1)CCCC2. The van der Waals surface area contributed by atoms with Crippen molar-refractivity contribution in [2.24, 2.45) is 0 Å². The van der Waals surface area contributed by atoms with Gasteiger partial charge in [-0.05, 0) is 43.2 Å². The second kappa shape index (κ2) is 8.82. The van der Waals surface area contributed by atoms with Crippen LogP contribution < -0.4 is 10.9 Å². The predicted molar refractivity (Wildman–Crippen MR) is 123 cm³/mol. The minimum atomic E-state index is -0.366. The lowest BCUT2D eigenvalue weighted by Gasteiger charge is -2.11. The first kappa shape index (κ1) is 20.8. The molecule has 0 spiro atoms. The molecule has 0 atom stereocenters. The first-order valence-electron chi connectivity index (χ1n) is 10.8. The molecular formula is C25H22FN5O2. The van der Waals surface area contributed by atoms with Crippen LogP contribution in [0.3, 0.4) is 0 Å². The Kier molecular flexibility index (Phi) is 5.56. The van der Waals surface area contributed by atoms with E-state index >= 15 is 0 Å². The molecule has 0 unspecified atom stereocenters. The largest absolute Gasteiger partial charge is 0.334 e. The molecule has 5 rings (SSSR count). The third-order valence-corrected chi connectivity index (χ3v) is 5.72. The number of nitrogens with one attached hydrogen (secondary N) is 1. The molecule has 1 aliphatic rings. The number of fused-ring (bicyclic) bond motifs is 1. The summed E-state index contributed by atoms with van der Waals surface area (Å²) >= 11 is 0. The van der Waals surface area contributed by atoms with Crippen LogP contribution in [0.4, 0.5) is 10.1 Å². The number of imidazole rings is 1. The molecule has 166 valence electrons. The summed E-state index contributed by atoms with van der Waals surface area (Å²) in [5, 5.41) is 2.90. The van der Waals surface area contributed by atoms with Crippen LogP contribution in [0.1, 0.15) is 18.7 Å². The summed E-state index contributed by atoms with van der Waals surface area (Å²) in [4.78, 5) is 34.3. The fraction of sp³-hybridized carbons (Fsp3) is 0.200. The lowest BCUT2D eigenvalue weighted by Crippen LogP contribution is -2.27. The fourth-order valence-electron chi connectivity index (χ4n) is 4.03. The maximum absolute atomic E-state index is 13.1. The molecule has 33 heavy (non-hydrogen) atoms. The van der Waals surface area contributed by atoms with Gasteiger partial charge in [-0.3, -0.25) is 14.2 Å². The predicted octanol–water partition coefficient (Wildman–Crippen LogP) is 3.89. The quantitative estimate of drug-likeness (QED) is 0.507. The highest BCUT2D eigenvalue weighted by molar-refractivity contribution is 5.94. The number of hydrogen-bond acceptors (Lipinski definition) is 4. The number of hydrogen-bond donors (Lipinski definition) is 1. The smallest absolute Gasteiger partial charge is 0.254 e. The van der Waals surface area contributed by atoms with Gasteiger partial charge in [0.05, 0.1) is 23.4 Å². The molecule has 0 radical (unpaired) electrons. The van der Waals surface area contributed by atoms with Crippen molar-refractivity contribution in [2.45, 2.75) is 32.4 Å². The molecule has 0 saturated carbocycles. The van der Waals surface area contributed by atoms with E-state index in [1.54, 1.807) is 12.1 Å². The van der Waals surface area contributed by atoms with Gasteiger partial charge in [0, 0.05) is 36.4 Å². The van der Waals surface area contributed by atoms with Crippen LogP contribution in [0.2, 0.25) is 0 Å². The second-order valence-corrected chi connectivity index (χ2v) is 8.03. The molecule has 1 aliphatic heterocycles. The van der Waals surface area contributed by atoms with Gasteiger partial charge >= 0.3 is 0 Å². The van der Waals surface area contributed by atoms with E-state index in [9.17, 15) is 14.0 Å². The van der Waals surface area contributed by atoms with Crippen molar-refractivity contribution in [3.05, 3.63) is 89.1 Å². The summed E-state index contributed by atoms with van der Waals surface area (Å²) in [6, 6.07) is 14.6. The van der Waals surface area contributed by atoms with Crippen LogP contribution in [0, 0.1) is 5.82 Å². The van der Waals surface area contributed by atoms with Gasteiger partial charge in [-0.2, -0.15) is 0 Å². The van der Waals surface area contributed by atoms with E-state index < -0.39 is 0 Å². The third kappa shape index (κ3) is 4.45. The molecule has 0 saturated heterocycles. The molecule has 8 heteroatoms. The Morgan fingerprint density at radius 3 is 2.67 bits per heavy atom. The van der Waals surface area contributed by atoms with Crippen molar-refractivity contribution in [1.82, 2.24) is 19.1 Å². The molecule has 1 amide bonds. The molecule has 0 fully saturated rings. The minimum Gasteiger partial charge on any atom is -0.334 e. The minimum absolute atomic E-state index is 0.177. The first-order valence-corrected chi connectivity index (χ1v) is 10.8. The van der Waals surface area contributed by atoms with Crippen LogP contribution >= 0.6 is 0 Å². The Morgan fingerprint density at radius 2 is 1.88 bits per heavy atom. The molecule has 7 nitrogen and oxygen atoms in total. The lowest BCUT2D eigenvalue weighted by molar-refractivity contribution is -0.116. The molecule has 2 aromatic carbocycles. The van der Waals surface area contributed by atoms with Crippen molar-refractivity contribution < 1.29 is 9.18 Å². The number of rotatable bonds is 5. The molecule has 2 aromatic heterocycles. The molecular weight excluding hydrogens is 421 g/mol. The number of aryl methyl sites for hydroxylation is 2. The molecule has 1 N–H and O–H groups in total. The maximum atomic E-state index is 13.1. The zero-order valence-corrected chi connectivity index (χ0v) is 17.9. The van der Waals surface area contributed by atoms with E-state index in [-0.39, 0.29) is 23.8 Å². The normalized spacial score (nSPS) is 12.9. The Balaban J connectivity index is 1.33. The van der Waals surface area contributed by atoms with Crippen LogP contribution in [0.5, 0.6) is 0 Å². The third-order valence-electron chi connectivity index (χ3n) is 5.72. The Bertz CT molecular complexity index is 1350. The van der Waals surface area contributed by atoms with Crippen LogP contribution in [-0.4, -0.2) is 25.0 Å². The summed E-state index contributed by atoms with van der Waals surface area (Å²) in [6.07, 6.45) is 6.60. The van der Waals surface area contributed by atoms with E-state index in [4.69, 9.17) is 4.98 Å².